The number of carbonyl (C=O) groups is 1. The van der Waals surface area contributed by atoms with Crippen LogP contribution in [0, 0.1) is 0 Å². The van der Waals surface area contributed by atoms with Gasteiger partial charge < -0.3 is 0 Å². The van der Waals surface area contributed by atoms with Gasteiger partial charge >= 0.3 is 0 Å². The van der Waals surface area contributed by atoms with E-state index in [2.05, 4.69) is 4.72 Å². The van der Waals surface area contributed by atoms with Crippen molar-refractivity contribution in [1.29, 1.82) is 0 Å². The molecule has 4 nitrogen and oxygen atoms in total. The van der Waals surface area contributed by atoms with Gasteiger partial charge in [0.15, 0.2) is 0 Å². The second-order valence-corrected chi connectivity index (χ2v) is 7.11. The van der Waals surface area contributed by atoms with Crippen molar-refractivity contribution < 1.29 is 13.2 Å². The largest absolute Gasteiger partial charge is 0.300 e. The zero-order valence-electron chi connectivity index (χ0n) is 12.4. The molecule has 0 saturated carbocycles. The molecule has 0 atom stereocenters. The summed E-state index contributed by atoms with van der Waals surface area (Å²) in [6, 6.07) is 10.4. The summed E-state index contributed by atoms with van der Waals surface area (Å²) in [6.45, 7) is 5.09. The van der Waals surface area contributed by atoms with E-state index in [1.165, 1.54) is 6.92 Å². The van der Waals surface area contributed by atoms with Gasteiger partial charge in [0.2, 0.25) is 10.0 Å². The summed E-state index contributed by atoms with van der Waals surface area (Å²) >= 11 is 0. The van der Waals surface area contributed by atoms with Crippen LogP contribution in [-0.2, 0) is 21.2 Å². The molecule has 0 spiro atoms. The molecule has 0 radical (unpaired) electrons. The van der Waals surface area contributed by atoms with E-state index in [1.54, 1.807) is 38.1 Å². The molecule has 0 unspecified atom stereocenters. The lowest BCUT2D eigenvalue weighted by atomic mass is 10.0. The highest BCUT2D eigenvalue weighted by molar-refractivity contribution is 7.89. The van der Waals surface area contributed by atoms with Crippen molar-refractivity contribution in [2.75, 3.05) is 0 Å². The van der Waals surface area contributed by atoms with Crippen molar-refractivity contribution in [1.82, 2.24) is 4.72 Å². The van der Waals surface area contributed by atoms with Gasteiger partial charge in [-0.25, -0.2) is 13.1 Å². The maximum absolute atomic E-state index is 12.4. The standard InChI is InChI=1S/C16H19NO3S/c1-11(2)17-21(19,20)16-9-5-7-14-13(10-12(3)18)6-4-8-15(14)16/h4-9,11,17H,10H2,1-3H3. The van der Waals surface area contributed by atoms with Crippen LogP contribution in [0.2, 0.25) is 0 Å². The molecule has 0 fully saturated rings. The van der Waals surface area contributed by atoms with E-state index in [4.69, 9.17) is 0 Å². The lowest BCUT2D eigenvalue weighted by molar-refractivity contribution is -0.116. The number of nitrogens with one attached hydrogen (secondary N) is 1. The quantitative estimate of drug-likeness (QED) is 0.923. The van der Waals surface area contributed by atoms with E-state index in [1.807, 2.05) is 12.1 Å². The predicted octanol–water partition coefficient (Wildman–Crippen LogP) is 2.66. The minimum absolute atomic E-state index is 0.0519. The summed E-state index contributed by atoms with van der Waals surface area (Å²) in [5.41, 5.74) is 0.849. The molecule has 5 heteroatoms. The maximum Gasteiger partial charge on any atom is 0.241 e. The highest BCUT2D eigenvalue weighted by Gasteiger charge is 2.19. The van der Waals surface area contributed by atoms with Gasteiger partial charge in [-0.15, -0.1) is 0 Å². The van der Waals surface area contributed by atoms with Crippen LogP contribution in [0.4, 0.5) is 0 Å². The van der Waals surface area contributed by atoms with Crippen molar-refractivity contribution in [2.24, 2.45) is 0 Å². The van der Waals surface area contributed by atoms with Crippen LogP contribution in [0.25, 0.3) is 10.8 Å². The zero-order chi connectivity index (χ0) is 15.6. The topological polar surface area (TPSA) is 63.2 Å². The first-order valence-electron chi connectivity index (χ1n) is 6.83. The molecule has 0 amide bonds. The van der Waals surface area contributed by atoms with Crippen LogP contribution in [-0.4, -0.2) is 20.2 Å². The molecule has 0 bridgehead atoms. The fraction of sp³-hybridized carbons (Fsp3) is 0.312. The molecule has 112 valence electrons. The molecule has 21 heavy (non-hydrogen) atoms. The fourth-order valence-corrected chi connectivity index (χ4v) is 3.85. The Bertz CT molecular complexity index is 779. The fourth-order valence-electron chi connectivity index (χ4n) is 2.38. The Morgan fingerprint density at radius 3 is 2.33 bits per heavy atom. The number of ketones is 1. The van der Waals surface area contributed by atoms with Crippen LogP contribution in [0.15, 0.2) is 41.3 Å². The van der Waals surface area contributed by atoms with E-state index < -0.39 is 10.0 Å². The van der Waals surface area contributed by atoms with Crippen LogP contribution >= 0.6 is 0 Å². The van der Waals surface area contributed by atoms with Gasteiger partial charge in [0.1, 0.15) is 5.78 Å². The molecule has 0 aliphatic heterocycles. The third-order valence-electron chi connectivity index (χ3n) is 3.09. The Hall–Kier alpha value is -1.72. The first-order chi connectivity index (χ1) is 9.81. The van der Waals surface area contributed by atoms with Crippen molar-refractivity contribution in [2.45, 2.75) is 38.1 Å². The van der Waals surface area contributed by atoms with Gasteiger partial charge in [0, 0.05) is 17.8 Å². The molecular formula is C16H19NO3S. The number of benzene rings is 2. The van der Waals surface area contributed by atoms with Gasteiger partial charge in [-0.2, -0.15) is 0 Å². The molecule has 2 aromatic rings. The Labute approximate surface area is 125 Å². The molecule has 0 aliphatic rings. The Balaban J connectivity index is 2.65. The summed E-state index contributed by atoms with van der Waals surface area (Å²) in [4.78, 5) is 11.6. The number of carbonyl (C=O) groups excluding carboxylic acids is 1. The maximum atomic E-state index is 12.4. The van der Waals surface area contributed by atoms with E-state index in [-0.39, 0.29) is 16.7 Å². The van der Waals surface area contributed by atoms with Gasteiger partial charge in [0.05, 0.1) is 4.90 Å². The molecule has 0 aliphatic carbocycles. The van der Waals surface area contributed by atoms with Crippen molar-refractivity contribution in [3.05, 3.63) is 42.0 Å². The minimum atomic E-state index is -3.57. The Morgan fingerprint density at radius 2 is 1.71 bits per heavy atom. The van der Waals surface area contributed by atoms with Gasteiger partial charge in [-0.05, 0) is 37.8 Å². The van der Waals surface area contributed by atoms with E-state index in [0.717, 1.165) is 10.9 Å². The van der Waals surface area contributed by atoms with Crippen LogP contribution in [0.1, 0.15) is 26.3 Å². The summed E-state index contributed by atoms with van der Waals surface area (Å²) in [7, 11) is -3.57. The second kappa shape index (κ2) is 5.95. The molecule has 0 heterocycles. The number of sulfonamides is 1. The molecule has 0 aromatic heterocycles. The number of Topliss-reactive ketones (excluding diaryl/α,β-unsaturated/α-hetero) is 1. The van der Waals surface area contributed by atoms with E-state index in [9.17, 15) is 13.2 Å². The first kappa shape index (κ1) is 15.7. The Kier molecular flexibility index (Phi) is 4.44. The molecular weight excluding hydrogens is 286 g/mol. The van der Waals surface area contributed by atoms with Gasteiger partial charge in [-0.1, -0.05) is 30.3 Å². The normalized spacial score (nSPS) is 12.0. The number of rotatable bonds is 5. The minimum Gasteiger partial charge on any atom is -0.300 e. The second-order valence-electron chi connectivity index (χ2n) is 5.42. The highest BCUT2D eigenvalue weighted by Crippen LogP contribution is 2.26. The van der Waals surface area contributed by atoms with Crippen LogP contribution in [0.5, 0.6) is 0 Å². The molecule has 0 saturated heterocycles. The van der Waals surface area contributed by atoms with Crippen LogP contribution in [0.3, 0.4) is 0 Å². The summed E-state index contributed by atoms with van der Waals surface area (Å²) in [6.07, 6.45) is 0.304. The lowest BCUT2D eigenvalue weighted by Crippen LogP contribution is -2.30. The number of hydrogen-bond acceptors (Lipinski definition) is 3. The van der Waals surface area contributed by atoms with E-state index in [0.29, 0.717) is 11.8 Å². The van der Waals surface area contributed by atoms with Crippen molar-refractivity contribution in [3.63, 3.8) is 0 Å². The van der Waals surface area contributed by atoms with Gasteiger partial charge in [0.25, 0.3) is 0 Å². The van der Waals surface area contributed by atoms with Crippen LogP contribution < -0.4 is 4.72 Å². The number of fused-ring (bicyclic) bond motifs is 1. The third kappa shape index (κ3) is 3.49. The monoisotopic (exact) mass is 305 g/mol. The highest BCUT2D eigenvalue weighted by atomic mass is 32.2. The zero-order valence-corrected chi connectivity index (χ0v) is 13.2. The first-order valence-corrected chi connectivity index (χ1v) is 8.32. The van der Waals surface area contributed by atoms with Crippen molar-refractivity contribution >= 4 is 26.6 Å². The molecule has 1 N–H and O–H groups in total. The number of hydrogen-bond donors (Lipinski definition) is 1. The summed E-state index contributed by atoms with van der Waals surface area (Å²) < 4.78 is 27.4. The average Bonchev–Trinajstić information content (AvgIpc) is 2.36. The molecule has 2 aromatic carbocycles. The summed E-state index contributed by atoms with van der Waals surface area (Å²) in [5, 5.41) is 1.45. The summed E-state index contributed by atoms with van der Waals surface area (Å²) in [5.74, 6) is 0.0519. The lowest BCUT2D eigenvalue weighted by Gasteiger charge is -2.13. The molecule has 2 rings (SSSR count). The van der Waals surface area contributed by atoms with Gasteiger partial charge in [-0.3, -0.25) is 4.79 Å². The van der Waals surface area contributed by atoms with Crippen molar-refractivity contribution in [3.8, 4) is 0 Å². The average molecular weight is 305 g/mol. The van der Waals surface area contributed by atoms with E-state index >= 15 is 0 Å². The predicted molar refractivity (Wildman–Crippen MR) is 83.8 cm³/mol. The SMILES string of the molecule is CC(=O)Cc1cccc2c(S(=O)(=O)NC(C)C)cccc12. The smallest absolute Gasteiger partial charge is 0.241 e. The Morgan fingerprint density at radius 1 is 1.10 bits per heavy atom. The third-order valence-corrected chi connectivity index (χ3v) is 4.81.